The van der Waals surface area contributed by atoms with E-state index >= 15 is 0 Å². The minimum absolute atomic E-state index is 0.272. The molecule has 1 aromatic rings. The van der Waals surface area contributed by atoms with Crippen LogP contribution in [0.5, 0.6) is 0 Å². The molecule has 3 heteroatoms. The highest BCUT2D eigenvalue weighted by atomic mass is 79.9. The first-order valence-electron chi connectivity index (χ1n) is 6.92. The van der Waals surface area contributed by atoms with Crippen LogP contribution in [0.4, 0.5) is 5.69 Å². The Morgan fingerprint density at radius 2 is 2.28 bits per heavy atom. The van der Waals surface area contributed by atoms with E-state index in [0.29, 0.717) is 6.04 Å². The zero-order chi connectivity index (χ0) is 13.1. The van der Waals surface area contributed by atoms with E-state index in [4.69, 9.17) is 5.73 Å². The highest BCUT2D eigenvalue weighted by Gasteiger charge is 2.22. The van der Waals surface area contributed by atoms with Crippen LogP contribution in [-0.4, -0.2) is 18.6 Å². The van der Waals surface area contributed by atoms with Gasteiger partial charge in [-0.3, -0.25) is 0 Å². The number of halogens is 1. The quantitative estimate of drug-likeness (QED) is 0.918. The first-order valence-corrected chi connectivity index (χ1v) is 7.71. The standard InChI is InChI=1S/C15H23BrN2/c1-3-13(17)9-12-6-7-15(14(16)10-12)18-8-4-5-11(18)2/h6-7,10-11,13H,3-5,8-9,17H2,1-2H3. The zero-order valence-corrected chi connectivity index (χ0v) is 12.9. The molecule has 0 bridgehead atoms. The maximum absolute atomic E-state index is 6.01. The monoisotopic (exact) mass is 310 g/mol. The maximum Gasteiger partial charge on any atom is 0.0513 e. The predicted octanol–water partition coefficient (Wildman–Crippen LogP) is 3.72. The van der Waals surface area contributed by atoms with Crippen molar-refractivity contribution in [2.45, 2.75) is 51.6 Å². The van der Waals surface area contributed by atoms with Crippen LogP contribution in [0.25, 0.3) is 0 Å². The molecule has 18 heavy (non-hydrogen) atoms. The molecule has 2 N–H and O–H groups in total. The average Bonchev–Trinajstić information content (AvgIpc) is 2.75. The van der Waals surface area contributed by atoms with Gasteiger partial charge in [-0.25, -0.2) is 0 Å². The van der Waals surface area contributed by atoms with Gasteiger partial charge in [0, 0.05) is 23.1 Å². The third-order valence-electron chi connectivity index (χ3n) is 3.90. The Kier molecular flexibility index (Phi) is 4.68. The second kappa shape index (κ2) is 6.07. The van der Waals surface area contributed by atoms with E-state index in [1.165, 1.54) is 35.1 Å². The molecule has 100 valence electrons. The van der Waals surface area contributed by atoms with Gasteiger partial charge in [-0.05, 0) is 66.2 Å². The number of hydrogen-bond acceptors (Lipinski definition) is 2. The van der Waals surface area contributed by atoms with Gasteiger partial charge in [0.15, 0.2) is 0 Å². The molecular weight excluding hydrogens is 288 g/mol. The van der Waals surface area contributed by atoms with Crippen LogP contribution in [0, 0.1) is 0 Å². The average molecular weight is 311 g/mol. The molecular formula is C15H23BrN2. The van der Waals surface area contributed by atoms with Crippen LogP contribution in [-0.2, 0) is 6.42 Å². The molecule has 0 aromatic heterocycles. The van der Waals surface area contributed by atoms with E-state index in [1.54, 1.807) is 0 Å². The predicted molar refractivity (Wildman–Crippen MR) is 82.2 cm³/mol. The summed E-state index contributed by atoms with van der Waals surface area (Å²) in [6.07, 6.45) is 4.60. The highest BCUT2D eigenvalue weighted by molar-refractivity contribution is 9.10. The fourth-order valence-electron chi connectivity index (χ4n) is 2.65. The Balaban J connectivity index is 2.14. The van der Waals surface area contributed by atoms with Crippen molar-refractivity contribution in [2.24, 2.45) is 5.73 Å². The molecule has 2 rings (SSSR count). The topological polar surface area (TPSA) is 29.3 Å². The van der Waals surface area contributed by atoms with Crippen molar-refractivity contribution in [3.8, 4) is 0 Å². The summed E-state index contributed by atoms with van der Waals surface area (Å²) in [4.78, 5) is 2.49. The molecule has 2 atom stereocenters. The lowest BCUT2D eigenvalue weighted by Gasteiger charge is -2.25. The van der Waals surface area contributed by atoms with Gasteiger partial charge >= 0.3 is 0 Å². The molecule has 1 aliphatic heterocycles. The van der Waals surface area contributed by atoms with Gasteiger partial charge in [0.2, 0.25) is 0 Å². The van der Waals surface area contributed by atoms with E-state index < -0.39 is 0 Å². The van der Waals surface area contributed by atoms with Crippen LogP contribution < -0.4 is 10.6 Å². The first-order chi connectivity index (χ1) is 8.61. The Morgan fingerprint density at radius 3 is 2.83 bits per heavy atom. The summed E-state index contributed by atoms with van der Waals surface area (Å²) < 4.78 is 1.21. The summed E-state index contributed by atoms with van der Waals surface area (Å²) in [5.41, 5.74) is 8.66. The molecule has 0 saturated carbocycles. The number of nitrogens with two attached hydrogens (primary N) is 1. The van der Waals surface area contributed by atoms with E-state index in [9.17, 15) is 0 Å². The van der Waals surface area contributed by atoms with E-state index in [0.717, 1.165) is 12.8 Å². The fourth-order valence-corrected chi connectivity index (χ4v) is 3.30. The summed E-state index contributed by atoms with van der Waals surface area (Å²) >= 11 is 3.71. The van der Waals surface area contributed by atoms with Crippen LogP contribution in [0.3, 0.4) is 0 Å². The molecule has 1 heterocycles. The Hall–Kier alpha value is -0.540. The lowest BCUT2D eigenvalue weighted by atomic mass is 10.0. The van der Waals surface area contributed by atoms with E-state index in [1.807, 2.05) is 0 Å². The minimum atomic E-state index is 0.272. The molecule has 1 fully saturated rings. The molecule has 0 spiro atoms. The van der Waals surface area contributed by atoms with Crippen LogP contribution in [0.2, 0.25) is 0 Å². The summed E-state index contributed by atoms with van der Waals surface area (Å²) in [6, 6.07) is 7.62. The lowest BCUT2D eigenvalue weighted by Crippen LogP contribution is -2.26. The van der Waals surface area contributed by atoms with Gasteiger partial charge in [-0.1, -0.05) is 13.0 Å². The highest BCUT2D eigenvalue weighted by Crippen LogP contribution is 2.32. The van der Waals surface area contributed by atoms with Crippen molar-refractivity contribution in [2.75, 3.05) is 11.4 Å². The molecule has 2 unspecified atom stereocenters. The van der Waals surface area contributed by atoms with Crippen molar-refractivity contribution >= 4 is 21.6 Å². The van der Waals surface area contributed by atoms with Crippen LogP contribution in [0.1, 0.15) is 38.7 Å². The van der Waals surface area contributed by atoms with Crippen molar-refractivity contribution < 1.29 is 0 Å². The fraction of sp³-hybridized carbons (Fsp3) is 0.600. The molecule has 1 aliphatic rings. The minimum Gasteiger partial charge on any atom is -0.368 e. The third kappa shape index (κ3) is 3.07. The Bertz CT molecular complexity index is 405. The largest absolute Gasteiger partial charge is 0.368 e. The molecule has 0 amide bonds. The summed E-state index contributed by atoms with van der Waals surface area (Å²) in [7, 11) is 0. The van der Waals surface area contributed by atoms with E-state index in [2.05, 4.69) is 52.9 Å². The number of rotatable bonds is 4. The Morgan fingerprint density at radius 1 is 1.50 bits per heavy atom. The molecule has 0 radical (unpaired) electrons. The first kappa shape index (κ1) is 13.9. The van der Waals surface area contributed by atoms with Crippen molar-refractivity contribution in [3.63, 3.8) is 0 Å². The maximum atomic E-state index is 6.01. The molecule has 2 nitrogen and oxygen atoms in total. The normalized spacial score (nSPS) is 21.3. The van der Waals surface area contributed by atoms with Crippen molar-refractivity contribution in [3.05, 3.63) is 28.2 Å². The van der Waals surface area contributed by atoms with Gasteiger partial charge in [0.1, 0.15) is 0 Å². The molecule has 0 aliphatic carbocycles. The number of nitrogens with zero attached hydrogens (tertiary/aromatic N) is 1. The van der Waals surface area contributed by atoms with Crippen LogP contribution >= 0.6 is 15.9 Å². The summed E-state index contributed by atoms with van der Waals surface area (Å²) in [5, 5.41) is 0. The second-order valence-corrected chi connectivity index (χ2v) is 6.20. The Labute approximate surface area is 119 Å². The summed E-state index contributed by atoms with van der Waals surface area (Å²) in [6.45, 7) is 5.62. The third-order valence-corrected chi connectivity index (χ3v) is 4.53. The van der Waals surface area contributed by atoms with Gasteiger partial charge in [-0.2, -0.15) is 0 Å². The molecule has 1 aromatic carbocycles. The van der Waals surface area contributed by atoms with Gasteiger partial charge in [0.25, 0.3) is 0 Å². The number of benzene rings is 1. The number of anilines is 1. The molecule has 1 saturated heterocycles. The zero-order valence-electron chi connectivity index (χ0n) is 11.3. The van der Waals surface area contributed by atoms with Crippen molar-refractivity contribution in [1.29, 1.82) is 0 Å². The van der Waals surface area contributed by atoms with Gasteiger partial charge in [0.05, 0.1) is 5.69 Å². The van der Waals surface area contributed by atoms with Crippen molar-refractivity contribution in [1.82, 2.24) is 0 Å². The number of hydrogen-bond donors (Lipinski definition) is 1. The van der Waals surface area contributed by atoms with Gasteiger partial charge < -0.3 is 10.6 Å². The second-order valence-electron chi connectivity index (χ2n) is 5.34. The van der Waals surface area contributed by atoms with E-state index in [-0.39, 0.29) is 6.04 Å². The lowest BCUT2D eigenvalue weighted by molar-refractivity contribution is 0.646. The van der Waals surface area contributed by atoms with Gasteiger partial charge in [-0.15, -0.1) is 0 Å². The smallest absolute Gasteiger partial charge is 0.0513 e. The van der Waals surface area contributed by atoms with Crippen LogP contribution in [0.15, 0.2) is 22.7 Å². The SMILES string of the molecule is CCC(N)Cc1ccc(N2CCCC2C)c(Br)c1. The summed E-state index contributed by atoms with van der Waals surface area (Å²) in [5.74, 6) is 0.